The average molecular weight is 493 g/mol. The van der Waals surface area contributed by atoms with E-state index in [1.807, 2.05) is 19.1 Å². The Labute approximate surface area is 210 Å². The Balaban J connectivity index is 1.60. The minimum Gasteiger partial charge on any atom is -0.452 e. The van der Waals surface area contributed by atoms with E-state index in [-0.39, 0.29) is 23.7 Å². The molecule has 1 aliphatic carbocycles. The van der Waals surface area contributed by atoms with Gasteiger partial charge in [0.2, 0.25) is 5.91 Å². The van der Waals surface area contributed by atoms with E-state index in [1.165, 1.54) is 39.4 Å². The summed E-state index contributed by atoms with van der Waals surface area (Å²) in [6.45, 7) is 3.40. The van der Waals surface area contributed by atoms with Gasteiger partial charge < -0.3 is 14.6 Å². The number of carbonyl (C=O) groups excluding carboxylic acids is 2. The summed E-state index contributed by atoms with van der Waals surface area (Å²) in [5.74, 6) is 0.143. The van der Waals surface area contributed by atoms with Gasteiger partial charge in [-0.25, -0.2) is 14.2 Å². The smallest absolute Gasteiger partial charge is 0.414 e. The second kappa shape index (κ2) is 9.91. The largest absolute Gasteiger partial charge is 0.452 e. The highest BCUT2D eigenvalue weighted by molar-refractivity contribution is 5.95. The molecule has 8 heteroatoms. The van der Waals surface area contributed by atoms with Gasteiger partial charge in [0.25, 0.3) is 0 Å². The lowest BCUT2D eigenvalue weighted by Gasteiger charge is -2.34. The van der Waals surface area contributed by atoms with Crippen molar-refractivity contribution in [2.45, 2.75) is 77.3 Å². The van der Waals surface area contributed by atoms with E-state index in [4.69, 9.17) is 9.72 Å². The Hall–Kier alpha value is -3.42. The number of imidazole rings is 1. The van der Waals surface area contributed by atoms with Crippen LogP contribution in [-0.2, 0) is 22.4 Å². The molecular formula is C28H33FN4O3. The lowest BCUT2D eigenvalue weighted by molar-refractivity contribution is -0.114. The van der Waals surface area contributed by atoms with Crippen molar-refractivity contribution in [1.29, 1.82) is 0 Å². The molecule has 1 N–H and O–H groups in total. The molecule has 0 bridgehead atoms. The third-order valence-electron chi connectivity index (χ3n) is 7.55. The fourth-order valence-corrected chi connectivity index (χ4v) is 5.84. The third kappa shape index (κ3) is 4.45. The maximum Gasteiger partial charge on any atom is 0.414 e. The van der Waals surface area contributed by atoms with Gasteiger partial charge in [-0.3, -0.25) is 9.69 Å². The molecule has 1 fully saturated rings. The molecule has 2 aromatic carbocycles. The van der Waals surface area contributed by atoms with Gasteiger partial charge in [0.15, 0.2) is 0 Å². The highest BCUT2D eigenvalue weighted by Crippen LogP contribution is 2.39. The highest BCUT2D eigenvalue weighted by atomic mass is 19.1. The summed E-state index contributed by atoms with van der Waals surface area (Å²) >= 11 is 0. The summed E-state index contributed by atoms with van der Waals surface area (Å²) < 4.78 is 22.1. The standard InChI is InChI=1S/C28H33FN4O3/c1-17-9-11-21-24(32(17)28(35)36-3)13-14-25-27(21)31-26(33(25)20-7-5-4-6-8-20)16-19-10-12-23(22(29)15-19)30-18(2)34/h10,12-15,17,20H,4-9,11,16H2,1-3H3,(H,30,34)/t17-/m0/s1. The van der Waals surface area contributed by atoms with Crippen LogP contribution in [0.15, 0.2) is 30.3 Å². The summed E-state index contributed by atoms with van der Waals surface area (Å²) in [6, 6.07) is 9.43. The quantitative estimate of drug-likeness (QED) is 0.475. The SMILES string of the molecule is COC(=O)N1c2ccc3c(nc(Cc4ccc(NC(C)=O)c(F)c4)n3C3CCCCC3)c2CC[C@@H]1C. The Morgan fingerprint density at radius 2 is 1.92 bits per heavy atom. The van der Waals surface area contributed by atoms with Crippen molar-refractivity contribution in [2.75, 3.05) is 17.3 Å². The van der Waals surface area contributed by atoms with Crippen LogP contribution < -0.4 is 10.2 Å². The van der Waals surface area contributed by atoms with Crippen LogP contribution in [0, 0.1) is 5.82 Å². The van der Waals surface area contributed by atoms with Gasteiger partial charge in [-0.1, -0.05) is 25.3 Å². The van der Waals surface area contributed by atoms with Crippen LogP contribution in [0.2, 0.25) is 0 Å². The van der Waals surface area contributed by atoms with E-state index in [0.717, 1.165) is 59.4 Å². The number of ether oxygens (including phenoxy) is 1. The zero-order chi connectivity index (χ0) is 25.4. The van der Waals surface area contributed by atoms with Crippen LogP contribution in [0.25, 0.3) is 11.0 Å². The maximum atomic E-state index is 14.7. The summed E-state index contributed by atoms with van der Waals surface area (Å²) in [7, 11) is 1.41. The van der Waals surface area contributed by atoms with Gasteiger partial charge in [-0.2, -0.15) is 0 Å². The number of hydrogen-bond donors (Lipinski definition) is 1. The molecule has 3 aromatic rings. The van der Waals surface area contributed by atoms with Crippen LogP contribution >= 0.6 is 0 Å². The van der Waals surface area contributed by atoms with Crippen LogP contribution in [0.5, 0.6) is 0 Å². The van der Waals surface area contributed by atoms with Gasteiger partial charge in [0, 0.05) is 31.0 Å². The molecule has 0 spiro atoms. The number of anilines is 2. The van der Waals surface area contributed by atoms with E-state index >= 15 is 0 Å². The first-order valence-corrected chi connectivity index (χ1v) is 12.8. The number of carbonyl (C=O) groups is 2. The molecule has 0 saturated heterocycles. The van der Waals surface area contributed by atoms with E-state index in [2.05, 4.69) is 16.0 Å². The molecule has 1 atom stereocenters. The summed E-state index contributed by atoms with van der Waals surface area (Å²) in [5.41, 5.74) is 4.90. The minimum absolute atomic E-state index is 0.0485. The van der Waals surface area contributed by atoms with Crippen LogP contribution in [0.3, 0.4) is 0 Å². The van der Waals surface area contributed by atoms with Gasteiger partial charge in [0.1, 0.15) is 11.6 Å². The molecular weight excluding hydrogens is 459 g/mol. The first kappa shape index (κ1) is 24.3. The van der Waals surface area contributed by atoms with Gasteiger partial charge in [0.05, 0.1) is 29.5 Å². The van der Waals surface area contributed by atoms with Crippen molar-refractivity contribution in [3.63, 3.8) is 0 Å². The fourth-order valence-electron chi connectivity index (χ4n) is 5.84. The summed E-state index contributed by atoms with van der Waals surface area (Å²) in [4.78, 5) is 30.8. The molecule has 1 saturated carbocycles. The predicted molar refractivity (Wildman–Crippen MR) is 138 cm³/mol. The number of aryl methyl sites for hydroxylation is 1. The molecule has 2 amide bonds. The first-order valence-electron chi connectivity index (χ1n) is 12.8. The molecule has 1 aromatic heterocycles. The highest BCUT2D eigenvalue weighted by Gasteiger charge is 2.32. The lowest BCUT2D eigenvalue weighted by atomic mass is 9.94. The molecule has 2 heterocycles. The molecule has 7 nitrogen and oxygen atoms in total. The number of methoxy groups -OCH3 is 1. The predicted octanol–water partition coefficient (Wildman–Crippen LogP) is 6.14. The average Bonchev–Trinajstić information content (AvgIpc) is 3.23. The molecule has 36 heavy (non-hydrogen) atoms. The number of nitrogens with one attached hydrogen (secondary N) is 1. The topological polar surface area (TPSA) is 76.5 Å². The zero-order valence-corrected chi connectivity index (χ0v) is 21.1. The fraction of sp³-hybridized carbons (Fsp3) is 0.464. The zero-order valence-electron chi connectivity index (χ0n) is 21.1. The van der Waals surface area contributed by atoms with E-state index in [9.17, 15) is 14.0 Å². The number of aromatic nitrogens is 2. The van der Waals surface area contributed by atoms with E-state index in [0.29, 0.717) is 12.5 Å². The number of rotatable bonds is 4. The molecule has 0 unspecified atom stereocenters. The number of nitrogens with zero attached hydrogens (tertiary/aromatic N) is 3. The summed E-state index contributed by atoms with van der Waals surface area (Å²) in [6.07, 6.45) is 7.59. The Morgan fingerprint density at radius 3 is 2.61 bits per heavy atom. The van der Waals surface area contributed by atoms with Crippen molar-refractivity contribution < 1.29 is 18.7 Å². The van der Waals surface area contributed by atoms with Crippen LogP contribution in [0.1, 0.15) is 75.4 Å². The second-order valence-corrected chi connectivity index (χ2v) is 10.0. The molecule has 5 rings (SSSR count). The number of amides is 2. The molecule has 0 radical (unpaired) electrons. The molecule has 1 aliphatic heterocycles. The van der Waals surface area contributed by atoms with Crippen molar-refractivity contribution in [1.82, 2.24) is 9.55 Å². The van der Waals surface area contributed by atoms with Crippen LogP contribution in [-0.4, -0.2) is 34.7 Å². The Morgan fingerprint density at radius 1 is 1.14 bits per heavy atom. The van der Waals surface area contributed by atoms with Crippen molar-refractivity contribution in [3.8, 4) is 0 Å². The Kier molecular flexibility index (Phi) is 6.69. The van der Waals surface area contributed by atoms with Crippen molar-refractivity contribution in [2.24, 2.45) is 0 Å². The van der Waals surface area contributed by atoms with Gasteiger partial charge in [-0.15, -0.1) is 0 Å². The van der Waals surface area contributed by atoms with Crippen LogP contribution in [0.4, 0.5) is 20.6 Å². The number of benzene rings is 2. The molecule has 2 aliphatic rings. The Bertz CT molecular complexity index is 1310. The monoisotopic (exact) mass is 492 g/mol. The number of fused-ring (bicyclic) bond motifs is 3. The van der Waals surface area contributed by atoms with E-state index in [1.54, 1.807) is 11.0 Å². The minimum atomic E-state index is -0.455. The number of hydrogen-bond acceptors (Lipinski definition) is 4. The second-order valence-electron chi connectivity index (χ2n) is 10.0. The summed E-state index contributed by atoms with van der Waals surface area (Å²) in [5, 5.41) is 2.53. The van der Waals surface area contributed by atoms with Crippen molar-refractivity contribution >= 4 is 34.4 Å². The maximum absolute atomic E-state index is 14.7. The van der Waals surface area contributed by atoms with Gasteiger partial charge >= 0.3 is 6.09 Å². The van der Waals surface area contributed by atoms with E-state index < -0.39 is 5.82 Å². The van der Waals surface area contributed by atoms with Crippen molar-refractivity contribution in [3.05, 3.63) is 53.1 Å². The lowest BCUT2D eigenvalue weighted by Crippen LogP contribution is -2.42. The first-order chi connectivity index (χ1) is 17.4. The third-order valence-corrected chi connectivity index (χ3v) is 7.55. The number of halogens is 1. The normalized spacial score (nSPS) is 18.2. The molecule has 190 valence electrons. The van der Waals surface area contributed by atoms with Gasteiger partial charge in [-0.05, 0) is 62.4 Å².